The number of nitrogens with one attached hydrogen (secondary N) is 2. The third-order valence-corrected chi connectivity index (χ3v) is 2.95. The fourth-order valence-corrected chi connectivity index (χ4v) is 1.83. The average molecular weight is 269 g/mol. The molecule has 1 aromatic rings. The van der Waals surface area contributed by atoms with Crippen molar-refractivity contribution in [3.63, 3.8) is 0 Å². The molecular formula is C14H21ClN2O. The number of hydrogen-bond acceptors (Lipinski definition) is 2. The highest BCUT2D eigenvalue weighted by molar-refractivity contribution is 6.30. The molecule has 0 heterocycles. The van der Waals surface area contributed by atoms with E-state index in [1.54, 1.807) is 0 Å². The van der Waals surface area contributed by atoms with Crippen LogP contribution in [0.15, 0.2) is 24.3 Å². The molecule has 0 saturated carbocycles. The molecule has 2 N–H and O–H groups in total. The molecule has 0 bridgehead atoms. The monoisotopic (exact) mass is 268 g/mol. The third kappa shape index (κ3) is 4.67. The lowest BCUT2D eigenvalue weighted by Crippen LogP contribution is -2.45. The molecule has 0 saturated heterocycles. The number of benzene rings is 1. The van der Waals surface area contributed by atoms with Crippen LogP contribution in [0.1, 0.15) is 39.3 Å². The summed E-state index contributed by atoms with van der Waals surface area (Å²) < 4.78 is 0. The van der Waals surface area contributed by atoms with Crippen molar-refractivity contribution in [1.82, 2.24) is 10.6 Å². The minimum absolute atomic E-state index is 0.0193. The van der Waals surface area contributed by atoms with Gasteiger partial charge in [-0.05, 0) is 45.4 Å². The Labute approximate surface area is 114 Å². The molecule has 0 fully saturated rings. The zero-order valence-corrected chi connectivity index (χ0v) is 12.1. The maximum absolute atomic E-state index is 11.8. The van der Waals surface area contributed by atoms with Gasteiger partial charge in [-0.25, -0.2) is 0 Å². The summed E-state index contributed by atoms with van der Waals surface area (Å²) in [6.45, 7) is 7.80. The van der Waals surface area contributed by atoms with Crippen LogP contribution in [0.3, 0.4) is 0 Å². The smallest absolute Gasteiger partial charge is 0.237 e. The van der Waals surface area contributed by atoms with E-state index in [9.17, 15) is 4.79 Å². The maximum atomic E-state index is 11.8. The van der Waals surface area contributed by atoms with Gasteiger partial charge < -0.3 is 5.32 Å². The topological polar surface area (TPSA) is 41.1 Å². The number of carbonyl (C=O) groups excluding carboxylic acids is 1. The Morgan fingerprint density at radius 3 is 2.17 bits per heavy atom. The van der Waals surface area contributed by atoms with Gasteiger partial charge >= 0.3 is 0 Å². The van der Waals surface area contributed by atoms with E-state index in [-0.39, 0.29) is 24.0 Å². The summed E-state index contributed by atoms with van der Waals surface area (Å²) in [7, 11) is 0. The number of carbonyl (C=O) groups is 1. The number of amides is 1. The van der Waals surface area contributed by atoms with Crippen LogP contribution in [0.25, 0.3) is 0 Å². The van der Waals surface area contributed by atoms with Gasteiger partial charge in [-0.3, -0.25) is 10.1 Å². The molecule has 18 heavy (non-hydrogen) atoms. The molecule has 0 aliphatic carbocycles. The van der Waals surface area contributed by atoms with Crippen LogP contribution in [-0.4, -0.2) is 18.0 Å². The Bertz CT molecular complexity index is 389. The second kappa shape index (κ2) is 6.76. The van der Waals surface area contributed by atoms with E-state index in [4.69, 9.17) is 11.6 Å². The van der Waals surface area contributed by atoms with Gasteiger partial charge in [0.2, 0.25) is 5.91 Å². The molecule has 0 aliphatic heterocycles. The van der Waals surface area contributed by atoms with Crippen LogP contribution in [0.5, 0.6) is 0 Å². The van der Waals surface area contributed by atoms with Crippen LogP contribution in [-0.2, 0) is 4.79 Å². The molecule has 0 unspecified atom stereocenters. The van der Waals surface area contributed by atoms with Gasteiger partial charge in [-0.2, -0.15) is 0 Å². The Balaban J connectivity index is 2.56. The molecule has 0 radical (unpaired) electrons. The predicted molar refractivity (Wildman–Crippen MR) is 75.7 cm³/mol. The third-order valence-electron chi connectivity index (χ3n) is 2.69. The average Bonchev–Trinajstić information content (AvgIpc) is 2.28. The Hall–Kier alpha value is -1.06. The van der Waals surface area contributed by atoms with Gasteiger partial charge in [0.1, 0.15) is 0 Å². The van der Waals surface area contributed by atoms with Crippen molar-refractivity contribution >= 4 is 17.5 Å². The second-order valence-electron chi connectivity index (χ2n) is 4.82. The molecule has 0 aromatic heterocycles. The van der Waals surface area contributed by atoms with Gasteiger partial charge in [-0.1, -0.05) is 23.7 Å². The van der Waals surface area contributed by atoms with Crippen molar-refractivity contribution in [2.24, 2.45) is 0 Å². The minimum Gasteiger partial charge on any atom is -0.353 e. The zero-order valence-electron chi connectivity index (χ0n) is 11.3. The van der Waals surface area contributed by atoms with E-state index in [1.807, 2.05) is 52.0 Å². The quantitative estimate of drug-likeness (QED) is 0.862. The van der Waals surface area contributed by atoms with Gasteiger partial charge in [0.05, 0.1) is 6.04 Å². The highest BCUT2D eigenvalue weighted by Gasteiger charge is 2.16. The summed E-state index contributed by atoms with van der Waals surface area (Å²) in [5, 5.41) is 6.87. The highest BCUT2D eigenvalue weighted by Crippen LogP contribution is 2.16. The molecule has 2 atom stereocenters. The largest absolute Gasteiger partial charge is 0.353 e. The van der Waals surface area contributed by atoms with E-state index in [1.165, 1.54) is 0 Å². The lowest BCUT2D eigenvalue weighted by molar-refractivity contribution is -0.123. The lowest BCUT2D eigenvalue weighted by atomic mass is 10.1. The van der Waals surface area contributed by atoms with Crippen LogP contribution < -0.4 is 10.6 Å². The van der Waals surface area contributed by atoms with Crippen LogP contribution >= 0.6 is 11.6 Å². The number of halogens is 1. The summed E-state index contributed by atoms with van der Waals surface area (Å²) in [4.78, 5) is 11.8. The first kappa shape index (κ1) is 15.0. The molecule has 0 spiro atoms. The molecule has 3 nitrogen and oxygen atoms in total. The maximum Gasteiger partial charge on any atom is 0.237 e. The standard InChI is InChI=1S/C14H21ClN2O/c1-9(2)16-14(18)11(4)17-10(3)12-5-7-13(15)8-6-12/h5-11,17H,1-4H3,(H,16,18)/t10-,11+/m0/s1. The normalized spacial score (nSPS) is 14.3. The molecule has 0 aliphatic rings. The predicted octanol–water partition coefficient (Wildman–Crippen LogP) is 2.90. The summed E-state index contributed by atoms with van der Waals surface area (Å²) in [5.41, 5.74) is 1.11. The first-order valence-corrected chi connectivity index (χ1v) is 6.60. The fraction of sp³-hybridized carbons (Fsp3) is 0.500. The highest BCUT2D eigenvalue weighted by atomic mass is 35.5. The van der Waals surface area contributed by atoms with E-state index < -0.39 is 0 Å². The molecule has 100 valence electrons. The summed E-state index contributed by atoms with van der Waals surface area (Å²) in [6.07, 6.45) is 0. The van der Waals surface area contributed by atoms with E-state index in [2.05, 4.69) is 10.6 Å². The zero-order chi connectivity index (χ0) is 13.7. The van der Waals surface area contributed by atoms with E-state index >= 15 is 0 Å². The van der Waals surface area contributed by atoms with Crippen molar-refractivity contribution in [2.45, 2.75) is 45.8 Å². The summed E-state index contributed by atoms with van der Waals surface area (Å²) >= 11 is 5.85. The van der Waals surface area contributed by atoms with Gasteiger partial charge in [0.15, 0.2) is 0 Å². The van der Waals surface area contributed by atoms with Crippen LogP contribution in [0.4, 0.5) is 0 Å². The Morgan fingerprint density at radius 1 is 1.11 bits per heavy atom. The van der Waals surface area contributed by atoms with Crippen molar-refractivity contribution < 1.29 is 4.79 Å². The van der Waals surface area contributed by atoms with Gasteiger partial charge in [0, 0.05) is 17.1 Å². The molecule has 1 rings (SSSR count). The van der Waals surface area contributed by atoms with Crippen molar-refractivity contribution in [3.05, 3.63) is 34.9 Å². The summed E-state index contributed by atoms with van der Waals surface area (Å²) in [5.74, 6) is 0.0193. The van der Waals surface area contributed by atoms with Gasteiger partial charge in [0.25, 0.3) is 0 Å². The first-order valence-electron chi connectivity index (χ1n) is 6.22. The Kier molecular flexibility index (Phi) is 5.63. The molecule has 4 heteroatoms. The lowest BCUT2D eigenvalue weighted by Gasteiger charge is -2.21. The SMILES string of the molecule is CC(C)NC(=O)[C@@H](C)N[C@@H](C)c1ccc(Cl)cc1. The van der Waals surface area contributed by atoms with Crippen LogP contribution in [0.2, 0.25) is 5.02 Å². The molecule has 1 aromatic carbocycles. The number of hydrogen-bond donors (Lipinski definition) is 2. The van der Waals surface area contributed by atoms with Crippen LogP contribution in [0, 0.1) is 0 Å². The van der Waals surface area contributed by atoms with Crippen molar-refractivity contribution in [1.29, 1.82) is 0 Å². The van der Waals surface area contributed by atoms with E-state index in [0.29, 0.717) is 0 Å². The van der Waals surface area contributed by atoms with Crippen molar-refractivity contribution in [2.75, 3.05) is 0 Å². The second-order valence-corrected chi connectivity index (χ2v) is 5.26. The van der Waals surface area contributed by atoms with Gasteiger partial charge in [-0.15, -0.1) is 0 Å². The molecule has 1 amide bonds. The first-order chi connectivity index (χ1) is 8.40. The fourth-order valence-electron chi connectivity index (χ4n) is 1.71. The molecular weight excluding hydrogens is 248 g/mol. The Morgan fingerprint density at radius 2 is 1.67 bits per heavy atom. The minimum atomic E-state index is -0.224. The number of rotatable bonds is 5. The van der Waals surface area contributed by atoms with E-state index in [0.717, 1.165) is 10.6 Å². The van der Waals surface area contributed by atoms with Crippen molar-refractivity contribution in [3.8, 4) is 0 Å². The summed E-state index contributed by atoms with van der Waals surface area (Å²) in [6, 6.07) is 7.68.